The van der Waals surface area contributed by atoms with E-state index in [1.807, 2.05) is 37.2 Å². The second-order valence-electron chi connectivity index (χ2n) is 6.22. The van der Waals surface area contributed by atoms with Gasteiger partial charge >= 0.3 is 0 Å². The summed E-state index contributed by atoms with van der Waals surface area (Å²) < 4.78 is 5.76. The maximum atomic E-state index is 12.7. The monoisotopic (exact) mass is 319 g/mol. The summed E-state index contributed by atoms with van der Waals surface area (Å²) in [6.07, 6.45) is 1.16. The van der Waals surface area contributed by atoms with Gasteiger partial charge in [-0.3, -0.25) is 9.59 Å². The second-order valence-corrected chi connectivity index (χ2v) is 6.22. The molecule has 2 N–H and O–H groups in total. The van der Waals surface area contributed by atoms with Crippen LogP contribution >= 0.6 is 0 Å². The maximum absolute atomic E-state index is 12.7. The molecule has 1 saturated heterocycles. The Morgan fingerprint density at radius 3 is 2.78 bits per heavy atom. The first-order valence-corrected chi connectivity index (χ1v) is 7.91. The summed E-state index contributed by atoms with van der Waals surface area (Å²) in [5.74, 6) is 0.421. The number of hydrogen-bond acceptors (Lipinski definition) is 4. The molecule has 23 heavy (non-hydrogen) atoms. The number of nitrogens with two attached hydrogens (primary N) is 1. The van der Waals surface area contributed by atoms with Gasteiger partial charge in [-0.2, -0.15) is 0 Å². The van der Waals surface area contributed by atoms with E-state index in [0.717, 1.165) is 13.0 Å². The molecule has 0 radical (unpaired) electrons. The van der Waals surface area contributed by atoms with E-state index in [9.17, 15) is 9.59 Å². The van der Waals surface area contributed by atoms with Crippen molar-refractivity contribution in [3.05, 3.63) is 29.8 Å². The fraction of sp³-hybridized carbons (Fsp3) is 0.529. The van der Waals surface area contributed by atoms with E-state index in [2.05, 4.69) is 0 Å². The van der Waals surface area contributed by atoms with Crippen LogP contribution in [0.3, 0.4) is 0 Å². The van der Waals surface area contributed by atoms with Crippen molar-refractivity contribution in [2.45, 2.75) is 12.8 Å². The van der Waals surface area contributed by atoms with Gasteiger partial charge in [-0.1, -0.05) is 12.1 Å². The molecule has 1 aromatic carbocycles. The van der Waals surface area contributed by atoms with Crippen LogP contribution in [0, 0.1) is 5.92 Å². The van der Waals surface area contributed by atoms with Crippen LogP contribution in [-0.2, 0) is 4.79 Å². The van der Waals surface area contributed by atoms with Gasteiger partial charge in [-0.15, -0.1) is 0 Å². The lowest BCUT2D eigenvalue weighted by atomic mass is 10.1. The molecular formula is C17H25N3O3. The molecule has 1 heterocycles. The summed E-state index contributed by atoms with van der Waals surface area (Å²) >= 11 is 0. The average Bonchev–Trinajstić information content (AvgIpc) is 2.94. The van der Waals surface area contributed by atoms with E-state index >= 15 is 0 Å². The van der Waals surface area contributed by atoms with Crippen LogP contribution < -0.4 is 10.5 Å². The fourth-order valence-electron chi connectivity index (χ4n) is 2.75. The molecule has 6 heteroatoms. The highest BCUT2D eigenvalue weighted by Gasteiger charge is 2.29. The number of ether oxygens (including phenoxy) is 1. The number of nitrogens with zero attached hydrogens (tertiary/aromatic N) is 2. The molecule has 0 spiro atoms. The molecule has 2 amide bonds. The number of para-hydroxylation sites is 1. The third-order valence-corrected chi connectivity index (χ3v) is 3.98. The lowest BCUT2D eigenvalue weighted by molar-refractivity contribution is -0.118. The summed E-state index contributed by atoms with van der Waals surface area (Å²) in [6.45, 7) is 2.55. The number of likely N-dealkylation sites (N-methyl/N-ethyl adjacent to an activating group) is 1. The van der Waals surface area contributed by atoms with Crippen molar-refractivity contribution in [2.75, 3.05) is 40.3 Å². The van der Waals surface area contributed by atoms with Crippen LogP contribution in [0.4, 0.5) is 0 Å². The van der Waals surface area contributed by atoms with Gasteiger partial charge in [0, 0.05) is 26.1 Å². The molecule has 0 aliphatic carbocycles. The largest absolute Gasteiger partial charge is 0.491 e. The zero-order valence-corrected chi connectivity index (χ0v) is 13.8. The Bertz CT molecular complexity index is 560. The first kappa shape index (κ1) is 17.3. The normalized spacial score (nSPS) is 17.5. The van der Waals surface area contributed by atoms with Crippen LogP contribution in [0.1, 0.15) is 23.2 Å². The number of rotatable bonds is 7. The number of primary amides is 1. The Hall–Kier alpha value is -2.08. The molecule has 1 aromatic rings. The minimum Gasteiger partial charge on any atom is -0.491 e. The van der Waals surface area contributed by atoms with Gasteiger partial charge < -0.3 is 20.3 Å². The molecule has 6 nitrogen and oxygen atoms in total. The predicted molar refractivity (Wildman–Crippen MR) is 88.3 cm³/mol. The van der Waals surface area contributed by atoms with Gasteiger partial charge in [0.05, 0.1) is 5.56 Å². The summed E-state index contributed by atoms with van der Waals surface area (Å²) in [4.78, 5) is 27.5. The van der Waals surface area contributed by atoms with Crippen molar-refractivity contribution in [3.8, 4) is 5.75 Å². The van der Waals surface area contributed by atoms with Crippen LogP contribution in [0.15, 0.2) is 24.3 Å². The number of amides is 2. The molecule has 1 aliphatic heterocycles. The predicted octanol–water partition coefficient (Wildman–Crippen LogP) is 0.964. The highest BCUT2D eigenvalue weighted by atomic mass is 16.5. The van der Waals surface area contributed by atoms with Crippen molar-refractivity contribution in [2.24, 2.45) is 11.7 Å². The van der Waals surface area contributed by atoms with E-state index in [4.69, 9.17) is 10.5 Å². The molecule has 1 fully saturated rings. The van der Waals surface area contributed by atoms with E-state index in [1.165, 1.54) is 0 Å². The maximum Gasteiger partial charge on any atom is 0.257 e. The lowest BCUT2D eigenvalue weighted by Crippen LogP contribution is -2.30. The fourth-order valence-corrected chi connectivity index (χ4v) is 2.75. The number of likely N-dealkylation sites (tertiary alicyclic amines) is 1. The number of benzene rings is 1. The zero-order valence-electron chi connectivity index (χ0n) is 13.8. The van der Waals surface area contributed by atoms with Crippen molar-refractivity contribution in [1.29, 1.82) is 0 Å². The third kappa shape index (κ3) is 4.96. The Balaban J connectivity index is 2.00. The first-order valence-electron chi connectivity index (χ1n) is 7.91. The van der Waals surface area contributed by atoms with Gasteiger partial charge in [0.25, 0.3) is 5.91 Å². The minimum absolute atomic E-state index is 0.0441. The van der Waals surface area contributed by atoms with E-state index < -0.39 is 0 Å². The van der Waals surface area contributed by atoms with Crippen molar-refractivity contribution < 1.29 is 14.3 Å². The molecule has 1 atom stereocenters. The highest BCUT2D eigenvalue weighted by molar-refractivity contribution is 5.97. The van der Waals surface area contributed by atoms with E-state index in [0.29, 0.717) is 37.4 Å². The van der Waals surface area contributed by atoms with Crippen molar-refractivity contribution >= 4 is 11.8 Å². The zero-order chi connectivity index (χ0) is 16.8. The lowest BCUT2D eigenvalue weighted by Gasteiger charge is -2.19. The summed E-state index contributed by atoms with van der Waals surface area (Å²) in [5, 5.41) is 0. The van der Waals surface area contributed by atoms with Crippen LogP contribution in [0.5, 0.6) is 5.75 Å². The molecule has 2 rings (SSSR count). The summed E-state index contributed by atoms with van der Waals surface area (Å²) in [5.41, 5.74) is 5.82. The number of carbonyl (C=O) groups is 2. The van der Waals surface area contributed by atoms with Crippen molar-refractivity contribution in [1.82, 2.24) is 9.80 Å². The van der Waals surface area contributed by atoms with Crippen LogP contribution in [-0.4, -0.2) is 62.0 Å². The molecule has 1 unspecified atom stereocenters. The second kappa shape index (κ2) is 7.97. The Kier molecular flexibility index (Phi) is 5.98. The summed E-state index contributed by atoms with van der Waals surface area (Å²) in [6, 6.07) is 7.30. The molecule has 0 aromatic heterocycles. The molecule has 0 saturated carbocycles. The van der Waals surface area contributed by atoms with Gasteiger partial charge in [-0.05, 0) is 38.6 Å². The molecule has 0 bridgehead atoms. The molecule has 1 aliphatic rings. The van der Waals surface area contributed by atoms with Crippen LogP contribution in [0.2, 0.25) is 0 Å². The number of carbonyl (C=O) groups excluding carboxylic acids is 2. The van der Waals surface area contributed by atoms with Crippen LogP contribution in [0.25, 0.3) is 0 Å². The molecule has 126 valence electrons. The quantitative estimate of drug-likeness (QED) is 0.812. The van der Waals surface area contributed by atoms with Crippen molar-refractivity contribution in [3.63, 3.8) is 0 Å². The van der Waals surface area contributed by atoms with Gasteiger partial charge in [-0.25, -0.2) is 0 Å². The SMILES string of the molecule is CN(C)CCOc1ccccc1C(=O)N1CCC(CC(N)=O)C1. The smallest absolute Gasteiger partial charge is 0.257 e. The first-order chi connectivity index (χ1) is 11.0. The Morgan fingerprint density at radius 1 is 1.35 bits per heavy atom. The average molecular weight is 319 g/mol. The minimum atomic E-state index is -0.309. The standard InChI is InChI=1S/C17H25N3O3/c1-19(2)9-10-23-15-6-4-3-5-14(15)17(22)20-8-7-13(12-20)11-16(18)21/h3-6,13H,7-12H2,1-2H3,(H2,18,21). The molecular weight excluding hydrogens is 294 g/mol. The van der Waals surface area contributed by atoms with Gasteiger partial charge in [0.2, 0.25) is 5.91 Å². The van der Waals surface area contributed by atoms with E-state index in [-0.39, 0.29) is 17.7 Å². The van der Waals surface area contributed by atoms with E-state index in [1.54, 1.807) is 11.0 Å². The Morgan fingerprint density at radius 2 is 2.09 bits per heavy atom. The number of hydrogen-bond donors (Lipinski definition) is 1. The summed E-state index contributed by atoms with van der Waals surface area (Å²) in [7, 11) is 3.95. The third-order valence-electron chi connectivity index (χ3n) is 3.98. The topological polar surface area (TPSA) is 75.9 Å². The Labute approximate surface area is 137 Å². The van der Waals surface area contributed by atoms with Gasteiger partial charge in [0.1, 0.15) is 12.4 Å². The highest BCUT2D eigenvalue weighted by Crippen LogP contribution is 2.25. The van der Waals surface area contributed by atoms with Gasteiger partial charge in [0.15, 0.2) is 0 Å².